The third-order valence-corrected chi connectivity index (χ3v) is 3.91. The first-order valence-corrected chi connectivity index (χ1v) is 7.35. The minimum absolute atomic E-state index is 0.610. The molecule has 0 heterocycles. The first-order valence-electron chi connectivity index (χ1n) is 7.35. The Morgan fingerprint density at radius 2 is 1.83 bits per heavy atom. The minimum Gasteiger partial charge on any atom is -0.103 e. The van der Waals surface area contributed by atoms with E-state index < -0.39 is 0 Å². The first-order chi connectivity index (χ1) is 8.69. The van der Waals surface area contributed by atoms with E-state index in [1.165, 1.54) is 24.8 Å². The lowest BCUT2D eigenvalue weighted by molar-refractivity contribution is 0.269. The zero-order valence-corrected chi connectivity index (χ0v) is 12.2. The van der Waals surface area contributed by atoms with Crippen molar-refractivity contribution in [1.82, 2.24) is 0 Å². The highest BCUT2D eigenvalue weighted by Crippen LogP contribution is 2.30. The predicted molar refractivity (Wildman–Crippen MR) is 81.7 cm³/mol. The quantitative estimate of drug-likeness (QED) is 0.530. The van der Waals surface area contributed by atoms with Crippen molar-refractivity contribution in [3.05, 3.63) is 48.6 Å². The molecule has 1 aromatic rings. The number of hydrogen-bond donors (Lipinski definition) is 0. The van der Waals surface area contributed by atoms with Gasteiger partial charge >= 0.3 is 0 Å². The van der Waals surface area contributed by atoms with Crippen LogP contribution >= 0.6 is 0 Å². The van der Waals surface area contributed by atoms with Gasteiger partial charge in [-0.3, -0.25) is 0 Å². The Hall–Kier alpha value is -1.04. The second kappa shape index (κ2) is 8.13. The molecule has 0 saturated carbocycles. The van der Waals surface area contributed by atoms with Crippen LogP contribution in [0.4, 0.5) is 0 Å². The summed E-state index contributed by atoms with van der Waals surface area (Å²) in [7, 11) is 0. The van der Waals surface area contributed by atoms with Crippen LogP contribution in [0.25, 0.3) is 0 Å². The van der Waals surface area contributed by atoms with Crippen LogP contribution in [-0.4, -0.2) is 0 Å². The highest BCUT2D eigenvalue weighted by atomic mass is 14.3. The molecular formula is C18H28. The largest absolute Gasteiger partial charge is 0.103 e. The fraction of sp³-hybridized carbons (Fsp3) is 0.556. The van der Waals surface area contributed by atoms with E-state index in [2.05, 4.69) is 63.8 Å². The molecule has 0 nitrogen and oxygen atoms in total. The molecular weight excluding hydrogens is 216 g/mol. The van der Waals surface area contributed by atoms with Gasteiger partial charge in [0.15, 0.2) is 0 Å². The fourth-order valence-electron chi connectivity index (χ4n) is 2.78. The lowest BCUT2D eigenvalue weighted by Crippen LogP contribution is -2.20. The topological polar surface area (TPSA) is 0 Å². The number of allylic oxidation sites excluding steroid dienone is 1. The molecule has 18 heavy (non-hydrogen) atoms. The van der Waals surface area contributed by atoms with Crippen LogP contribution in [0.3, 0.4) is 0 Å². The van der Waals surface area contributed by atoms with Gasteiger partial charge in [-0.2, -0.15) is 0 Å². The van der Waals surface area contributed by atoms with E-state index in [1.807, 2.05) is 0 Å². The summed E-state index contributed by atoms with van der Waals surface area (Å²) in [6.45, 7) is 11.0. The Labute approximate surface area is 113 Å². The van der Waals surface area contributed by atoms with E-state index in [0.717, 1.165) is 18.3 Å². The molecule has 0 heteroatoms. The van der Waals surface area contributed by atoms with Crippen molar-refractivity contribution in [1.29, 1.82) is 0 Å². The van der Waals surface area contributed by atoms with Gasteiger partial charge < -0.3 is 0 Å². The molecule has 0 aliphatic carbocycles. The third-order valence-electron chi connectivity index (χ3n) is 3.91. The molecule has 2 atom stereocenters. The summed E-state index contributed by atoms with van der Waals surface area (Å²) < 4.78 is 0. The van der Waals surface area contributed by atoms with Crippen molar-refractivity contribution in [2.75, 3.05) is 0 Å². The molecule has 0 aliphatic heterocycles. The SMILES string of the molecule is C=C[C@H](Cc1ccccc1)[C@@H](CCCC)C(C)C. The molecule has 0 saturated heterocycles. The highest BCUT2D eigenvalue weighted by Gasteiger charge is 2.21. The molecule has 0 unspecified atom stereocenters. The minimum atomic E-state index is 0.610. The van der Waals surface area contributed by atoms with Gasteiger partial charge in [-0.15, -0.1) is 6.58 Å². The average Bonchev–Trinajstić information content (AvgIpc) is 2.38. The van der Waals surface area contributed by atoms with E-state index >= 15 is 0 Å². The van der Waals surface area contributed by atoms with Gasteiger partial charge in [0, 0.05) is 0 Å². The fourth-order valence-corrected chi connectivity index (χ4v) is 2.78. The molecule has 1 rings (SSSR count). The van der Waals surface area contributed by atoms with Crippen molar-refractivity contribution >= 4 is 0 Å². The number of unbranched alkanes of at least 4 members (excludes halogenated alkanes) is 1. The molecule has 0 aromatic heterocycles. The van der Waals surface area contributed by atoms with E-state index in [4.69, 9.17) is 0 Å². The normalized spacial score (nSPS) is 14.4. The van der Waals surface area contributed by atoms with E-state index in [0.29, 0.717) is 5.92 Å². The molecule has 0 aliphatic rings. The maximum atomic E-state index is 4.07. The van der Waals surface area contributed by atoms with Crippen molar-refractivity contribution in [3.8, 4) is 0 Å². The van der Waals surface area contributed by atoms with Gasteiger partial charge in [0.2, 0.25) is 0 Å². The maximum Gasteiger partial charge on any atom is -0.0165 e. The van der Waals surface area contributed by atoms with Gasteiger partial charge in [-0.1, -0.05) is 70.0 Å². The second-order valence-electron chi connectivity index (χ2n) is 5.64. The zero-order chi connectivity index (χ0) is 13.4. The highest BCUT2D eigenvalue weighted by molar-refractivity contribution is 5.16. The monoisotopic (exact) mass is 244 g/mol. The summed E-state index contributed by atoms with van der Waals surface area (Å²) in [6, 6.07) is 10.8. The van der Waals surface area contributed by atoms with Crippen LogP contribution in [0.15, 0.2) is 43.0 Å². The van der Waals surface area contributed by atoms with Gasteiger partial charge in [0.05, 0.1) is 0 Å². The Balaban J connectivity index is 2.69. The summed E-state index contributed by atoms with van der Waals surface area (Å²) in [5.74, 6) is 2.12. The predicted octanol–water partition coefficient (Wildman–Crippen LogP) is 5.49. The van der Waals surface area contributed by atoms with E-state index in [9.17, 15) is 0 Å². The summed E-state index contributed by atoms with van der Waals surface area (Å²) in [6.07, 6.45) is 7.27. The Kier molecular flexibility index (Phi) is 6.78. The Bertz CT molecular complexity index is 323. The lowest BCUT2D eigenvalue weighted by Gasteiger charge is -2.28. The van der Waals surface area contributed by atoms with Crippen LogP contribution in [0, 0.1) is 17.8 Å². The maximum absolute atomic E-state index is 4.07. The summed E-state index contributed by atoms with van der Waals surface area (Å²) in [5, 5.41) is 0. The Morgan fingerprint density at radius 3 is 2.33 bits per heavy atom. The molecule has 1 aromatic carbocycles. The molecule has 0 N–H and O–H groups in total. The zero-order valence-electron chi connectivity index (χ0n) is 12.2. The second-order valence-corrected chi connectivity index (χ2v) is 5.64. The summed E-state index contributed by atoms with van der Waals surface area (Å²) in [5.41, 5.74) is 1.43. The molecule has 0 amide bonds. The third kappa shape index (κ3) is 4.68. The van der Waals surface area contributed by atoms with Crippen molar-refractivity contribution in [2.45, 2.75) is 46.5 Å². The van der Waals surface area contributed by atoms with Crippen LogP contribution in [0.5, 0.6) is 0 Å². The van der Waals surface area contributed by atoms with E-state index in [-0.39, 0.29) is 0 Å². The van der Waals surface area contributed by atoms with Gasteiger partial charge in [0.1, 0.15) is 0 Å². The van der Waals surface area contributed by atoms with Gasteiger partial charge in [0.25, 0.3) is 0 Å². The van der Waals surface area contributed by atoms with Crippen LogP contribution in [0.1, 0.15) is 45.6 Å². The van der Waals surface area contributed by atoms with Crippen molar-refractivity contribution in [3.63, 3.8) is 0 Å². The smallest absolute Gasteiger partial charge is 0.0165 e. The van der Waals surface area contributed by atoms with Crippen molar-refractivity contribution in [2.24, 2.45) is 17.8 Å². The summed E-state index contributed by atoms with van der Waals surface area (Å²) in [4.78, 5) is 0. The average molecular weight is 244 g/mol. The number of benzene rings is 1. The van der Waals surface area contributed by atoms with Crippen molar-refractivity contribution < 1.29 is 0 Å². The van der Waals surface area contributed by atoms with E-state index in [1.54, 1.807) is 0 Å². The number of rotatable bonds is 8. The summed E-state index contributed by atoms with van der Waals surface area (Å²) >= 11 is 0. The van der Waals surface area contributed by atoms with Crippen LogP contribution in [0.2, 0.25) is 0 Å². The van der Waals surface area contributed by atoms with Crippen LogP contribution < -0.4 is 0 Å². The molecule has 0 fully saturated rings. The molecule has 0 spiro atoms. The standard InChI is InChI=1S/C18H28/c1-5-7-13-18(15(3)4)17(6-2)14-16-11-9-8-10-12-16/h6,8-12,15,17-18H,2,5,7,13-14H2,1,3-4H3/t17-,18+/m1/s1. The molecule has 100 valence electrons. The molecule has 0 radical (unpaired) electrons. The van der Waals surface area contributed by atoms with Gasteiger partial charge in [-0.25, -0.2) is 0 Å². The first kappa shape index (κ1) is 15.0. The molecule has 0 bridgehead atoms. The lowest BCUT2D eigenvalue weighted by atomic mass is 9.77. The van der Waals surface area contributed by atoms with Crippen LogP contribution in [-0.2, 0) is 6.42 Å². The van der Waals surface area contributed by atoms with Gasteiger partial charge in [-0.05, 0) is 36.2 Å². The Morgan fingerprint density at radius 1 is 1.17 bits per heavy atom. The number of hydrogen-bond acceptors (Lipinski definition) is 0.